The molecule has 0 aliphatic carbocycles. The number of nitrogens with zero attached hydrogens (tertiary/aromatic N) is 2. The van der Waals surface area contributed by atoms with Crippen molar-refractivity contribution in [3.63, 3.8) is 0 Å². The standard InChI is InChI=1S/C20H38N2O2/c1-4-18-13-20(24-15-18)12-17(3)22-6-5-19(14-22)11-16(2)21-7-9-23-10-8-21/h16-20H,4-15H2,1-3H3/t16?,17?,18-,19?,20?/m1/s1. The number of ether oxygens (including phenoxy) is 2. The lowest BCUT2D eigenvalue weighted by Crippen LogP contribution is -2.43. The minimum absolute atomic E-state index is 0.510. The molecular formula is C20H38N2O2. The summed E-state index contributed by atoms with van der Waals surface area (Å²) >= 11 is 0. The second-order valence-corrected chi connectivity index (χ2v) is 8.43. The summed E-state index contributed by atoms with van der Waals surface area (Å²) < 4.78 is 11.5. The summed E-state index contributed by atoms with van der Waals surface area (Å²) in [5.41, 5.74) is 0. The predicted molar refractivity (Wildman–Crippen MR) is 98.4 cm³/mol. The molecule has 3 aliphatic rings. The maximum atomic E-state index is 6.01. The van der Waals surface area contributed by atoms with Crippen LogP contribution in [0.4, 0.5) is 0 Å². The van der Waals surface area contributed by atoms with Crippen LogP contribution in [-0.2, 0) is 9.47 Å². The molecule has 0 N–H and O–H groups in total. The smallest absolute Gasteiger partial charge is 0.0594 e. The first-order valence-electron chi connectivity index (χ1n) is 10.3. The van der Waals surface area contributed by atoms with Crippen molar-refractivity contribution in [2.24, 2.45) is 11.8 Å². The molecule has 0 radical (unpaired) electrons. The van der Waals surface area contributed by atoms with E-state index < -0.39 is 0 Å². The van der Waals surface area contributed by atoms with Gasteiger partial charge in [0.25, 0.3) is 0 Å². The zero-order valence-corrected chi connectivity index (χ0v) is 16.1. The van der Waals surface area contributed by atoms with Gasteiger partial charge in [0.15, 0.2) is 0 Å². The summed E-state index contributed by atoms with van der Waals surface area (Å²) in [6.45, 7) is 14.7. The molecule has 4 nitrogen and oxygen atoms in total. The molecule has 3 fully saturated rings. The molecule has 5 atom stereocenters. The van der Waals surface area contributed by atoms with Crippen LogP contribution in [0, 0.1) is 11.8 Å². The number of hydrogen-bond donors (Lipinski definition) is 0. The summed E-state index contributed by atoms with van der Waals surface area (Å²) in [6, 6.07) is 1.38. The quantitative estimate of drug-likeness (QED) is 0.712. The molecule has 0 aromatic carbocycles. The Balaban J connectivity index is 1.38. The van der Waals surface area contributed by atoms with Gasteiger partial charge in [-0.3, -0.25) is 4.90 Å². The van der Waals surface area contributed by atoms with Gasteiger partial charge in [0, 0.05) is 38.3 Å². The third-order valence-electron chi connectivity index (χ3n) is 6.63. The molecule has 3 aliphatic heterocycles. The summed E-state index contributed by atoms with van der Waals surface area (Å²) in [5, 5.41) is 0. The van der Waals surface area contributed by atoms with E-state index in [-0.39, 0.29) is 0 Å². The van der Waals surface area contributed by atoms with Crippen molar-refractivity contribution in [3.8, 4) is 0 Å². The predicted octanol–water partition coefficient (Wildman–Crippen LogP) is 3.01. The third kappa shape index (κ3) is 4.94. The lowest BCUT2D eigenvalue weighted by molar-refractivity contribution is 0.0154. The Bertz CT molecular complexity index is 373. The van der Waals surface area contributed by atoms with Gasteiger partial charge in [-0.15, -0.1) is 0 Å². The third-order valence-corrected chi connectivity index (χ3v) is 6.63. The fraction of sp³-hybridized carbons (Fsp3) is 1.00. The Morgan fingerprint density at radius 3 is 2.42 bits per heavy atom. The van der Waals surface area contributed by atoms with E-state index in [0.717, 1.165) is 44.7 Å². The number of likely N-dealkylation sites (tertiary alicyclic amines) is 1. The van der Waals surface area contributed by atoms with E-state index in [1.165, 1.54) is 45.2 Å². The van der Waals surface area contributed by atoms with Crippen LogP contribution in [0.15, 0.2) is 0 Å². The van der Waals surface area contributed by atoms with Crippen molar-refractivity contribution in [1.29, 1.82) is 0 Å². The fourth-order valence-corrected chi connectivity index (χ4v) is 4.86. The highest BCUT2D eigenvalue weighted by atomic mass is 16.5. The number of morpholine rings is 1. The molecule has 0 aromatic rings. The lowest BCUT2D eigenvalue weighted by atomic mass is 9.98. The molecule has 3 rings (SSSR count). The van der Waals surface area contributed by atoms with Crippen molar-refractivity contribution in [2.45, 2.75) is 71.1 Å². The molecule has 0 bridgehead atoms. The van der Waals surface area contributed by atoms with Crippen LogP contribution < -0.4 is 0 Å². The molecule has 3 saturated heterocycles. The van der Waals surface area contributed by atoms with Gasteiger partial charge in [0.1, 0.15) is 0 Å². The molecule has 140 valence electrons. The van der Waals surface area contributed by atoms with Gasteiger partial charge in [0.05, 0.1) is 19.3 Å². The normalized spacial score (nSPS) is 35.4. The van der Waals surface area contributed by atoms with E-state index in [4.69, 9.17) is 9.47 Å². The lowest BCUT2D eigenvalue weighted by Gasteiger charge is -2.34. The molecule has 4 heteroatoms. The monoisotopic (exact) mass is 338 g/mol. The zero-order chi connectivity index (χ0) is 16.9. The van der Waals surface area contributed by atoms with Crippen molar-refractivity contribution < 1.29 is 9.47 Å². The maximum Gasteiger partial charge on any atom is 0.0594 e. The topological polar surface area (TPSA) is 24.9 Å². The average Bonchev–Trinajstić information content (AvgIpc) is 3.25. The molecule has 0 saturated carbocycles. The van der Waals surface area contributed by atoms with Crippen LogP contribution in [0.5, 0.6) is 0 Å². The van der Waals surface area contributed by atoms with Gasteiger partial charge in [-0.1, -0.05) is 13.3 Å². The molecule has 0 aromatic heterocycles. The molecule has 4 unspecified atom stereocenters. The Hall–Kier alpha value is -0.160. The Labute approximate surface area is 148 Å². The first-order valence-corrected chi connectivity index (χ1v) is 10.3. The van der Waals surface area contributed by atoms with Gasteiger partial charge >= 0.3 is 0 Å². The molecule has 0 amide bonds. The van der Waals surface area contributed by atoms with E-state index in [2.05, 4.69) is 30.6 Å². The van der Waals surface area contributed by atoms with E-state index in [0.29, 0.717) is 18.2 Å². The summed E-state index contributed by atoms with van der Waals surface area (Å²) in [6.07, 6.45) is 7.02. The summed E-state index contributed by atoms with van der Waals surface area (Å²) in [7, 11) is 0. The highest BCUT2D eigenvalue weighted by Gasteiger charge is 2.32. The summed E-state index contributed by atoms with van der Waals surface area (Å²) in [4.78, 5) is 5.34. The van der Waals surface area contributed by atoms with Gasteiger partial charge in [-0.25, -0.2) is 0 Å². The Morgan fingerprint density at radius 2 is 1.71 bits per heavy atom. The average molecular weight is 339 g/mol. The second-order valence-electron chi connectivity index (χ2n) is 8.43. The largest absolute Gasteiger partial charge is 0.379 e. The van der Waals surface area contributed by atoms with Gasteiger partial charge in [0.2, 0.25) is 0 Å². The highest BCUT2D eigenvalue weighted by Crippen LogP contribution is 2.29. The molecule has 24 heavy (non-hydrogen) atoms. The van der Waals surface area contributed by atoms with Crippen LogP contribution in [-0.4, -0.2) is 74.0 Å². The minimum atomic E-state index is 0.510. The Kier molecular flexibility index (Phi) is 6.97. The second kappa shape index (κ2) is 8.98. The molecule has 0 spiro atoms. The number of hydrogen-bond acceptors (Lipinski definition) is 4. The van der Waals surface area contributed by atoms with Gasteiger partial charge in [-0.05, 0) is 57.9 Å². The van der Waals surface area contributed by atoms with Crippen molar-refractivity contribution in [1.82, 2.24) is 9.80 Å². The van der Waals surface area contributed by atoms with Crippen molar-refractivity contribution in [3.05, 3.63) is 0 Å². The SMILES string of the molecule is CC[C@H]1COC(CC(C)N2CCC(CC(C)N3CCOCC3)C2)C1. The van der Waals surface area contributed by atoms with Crippen LogP contribution in [0.3, 0.4) is 0 Å². The first-order chi connectivity index (χ1) is 11.7. The van der Waals surface area contributed by atoms with Crippen LogP contribution >= 0.6 is 0 Å². The van der Waals surface area contributed by atoms with Gasteiger partial charge in [-0.2, -0.15) is 0 Å². The molecular weight excluding hydrogens is 300 g/mol. The fourth-order valence-electron chi connectivity index (χ4n) is 4.86. The number of rotatable bonds is 7. The summed E-state index contributed by atoms with van der Waals surface area (Å²) in [5.74, 6) is 1.68. The van der Waals surface area contributed by atoms with Crippen molar-refractivity contribution in [2.75, 3.05) is 46.0 Å². The van der Waals surface area contributed by atoms with E-state index in [1.54, 1.807) is 0 Å². The van der Waals surface area contributed by atoms with Crippen LogP contribution in [0.2, 0.25) is 0 Å². The van der Waals surface area contributed by atoms with E-state index in [9.17, 15) is 0 Å². The first kappa shape index (κ1) is 18.6. The van der Waals surface area contributed by atoms with Crippen LogP contribution in [0.1, 0.15) is 52.9 Å². The minimum Gasteiger partial charge on any atom is -0.379 e. The van der Waals surface area contributed by atoms with Crippen LogP contribution in [0.25, 0.3) is 0 Å². The van der Waals surface area contributed by atoms with Crippen molar-refractivity contribution >= 4 is 0 Å². The zero-order valence-electron chi connectivity index (χ0n) is 16.1. The van der Waals surface area contributed by atoms with E-state index >= 15 is 0 Å². The Morgan fingerprint density at radius 1 is 0.958 bits per heavy atom. The molecule has 3 heterocycles. The highest BCUT2D eigenvalue weighted by molar-refractivity contribution is 4.85. The maximum absolute atomic E-state index is 6.01. The van der Waals surface area contributed by atoms with E-state index in [1.807, 2.05) is 0 Å². The van der Waals surface area contributed by atoms with Gasteiger partial charge < -0.3 is 14.4 Å².